The second kappa shape index (κ2) is 7.60. The van der Waals surface area contributed by atoms with E-state index < -0.39 is 0 Å². The lowest BCUT2D eigenvalue weighted by molar-refractivity contribution is -0.117. The Balaban J connectivity index is 1.54. The SMILES string of the molecule is Cc1ccc(CNC(=O)N[C@H]2CC(=O)N(c3ccc(C)c(C)c3)C2)cc1. The average molecular weight is 351 g/mol. The van der Waals surface area contributed by atoms with Gasteiger partial charge in [0.05, 0.1) is 6.04 Å². The van der Waals surface area contributed by atoms with Gasteiger partial charge in [0.15, 0.2) is 0 Å². The minimum Gasteiger partial charge on any atom is -0.334 e. The van der Waals surface area contributed by atoms with Crippen molar-refractivity contribution in [3.8, 4) is 0 Å². The number of anilines is 1. The lowest BCUT2D eigenvalue weighted by Crippen LogP contribution is -2.43. The Morgan fingerprint density at radius 3 is 2.50 bits per heavy atom. The van der Waals surface area contributed by atoms with Crippen LogP contribution in [0.15, 0.2) is 42.5 Å². The number of carbonyl (C=O) groups is 2. The van der Waals surface area contributed by atoms with Gasteiger partial charge in [-0.15, -0.1) is 0 Å². The van der Waals surface area contributed by atoms with Crippen LogP contribution in [0.25, 0.3) is 0 Å². The van der Waals surface area contributed by atoms with Crippen molar-refractivity contribution in [2.24, 2.45) is 0 Å². The molecule has 1 aliphatic rings. The van der Waals surface area contributed by atoms with Crippen LogP contribution in [0, 0.1) is 20.8 Å². The van der Waals surface area contributed by atoms with Gasteiger partial charge in [-0.25, -0.2) is 4.79 Å². The number of carbonyl (C=O) groups excluding carboxylic acids is 2. The maximum Gasteiger partial charge on any atom is 0.315 e. The van der Waals surface area contributed by atoms with E-state index in [1.54, 1.807) is 4.90 Å². The van der Waals surface area contributed by atoms with Gasteiger partial charge >= 0.3 is 6.03 Å². The summed E-state index contributed by atoms with van der Waals surface area (Å²) in [6.45, 7) is 7.08. The molecule has 5 heteroatoms. The molecule has 2 aromatic rings. The molecule has 0 aliphatic carbocycles. The molecule has 0 spiro atoms. The first-order valence-corrected chi connectivity index (χ1v) is 8.90. The molecule has 2 aromatic carbocycles. The molecule has 0 aromatic heterocycles. The second-order valence-electron chi connectivity index (χ2n) is 6.99. The zero-order valence-electron chi connectivity index (χ0n) is 15.5. The Labute approximate surface area is 154 Å². The molecular formula is C21H25N3O2. The maximum absolute atomic E-state index is 12.3. The van der Waals surface area contributed by atoms with Crippen LogP contribution in [-0.4, -0.2) is 24.5 Å². The van der Waals surface area contributed by atoms with Crippen molar-refractivity contribution in [3.05, 3.63) is 64.7 Å². The van der Waals surface area contributed by atoms with Crippen LogP contribution in [0.3, 0.4) is 0 Å². The number of benzene rings is 2. The quantitative estimate of drug-likeness (QED) is 0.888. The predicted molar refractivity (Wildman–Crippen MR) is 103 cm³/mol. The summed E-state index contributed by atoms with van der Waals surface area (Å²) in [5, 5.41) is 5.76. The molecule has 5 nitrogen and oxygen atoms in total. The van der Waals surface area contributed by atoms with Crippen molar-refractivity contribution >= 4 is 17.6 Å². The standard InChI is InChI=1S/C21H25N3O2/c1-14-4-7-17(8-5-14)12-22-21(26)23-18-11-20(25)24(13-18)19-9-6-15(2)16(3)10-19/h4-10,18H,11-13H2,1-3H3,(H2,22,23,26)/t18-/m0/s1. The summed E-state index contributed by atoms with van der Waals surface area (Å²) in [6, 6.07) is 13.6. The van der Waals surface area contributed by atoms with Gasteiger partial charge in [0.1, 0.15) is 0 Å². The lowest BCUT2D eigenvalue weighted by Gasteiger charge is -2.18. The molecular weight excluding hydrogens is 326 g/mol. The molecule has 1 fully saturated rings. The van der Waals surface area contributed by atoms with Gasteiger partial charge in [-0.2, -0.15) is 0 Å². The number of hydrogen-bond donors (Lipinski definition) is 2. The van der Waals surface area contributed by atoms with E-state index in [1.165, 1.54) is 11.1 Å². The summed E-state index contributed by atoms with van der Waals surface area (Å²) in [5.74, 6) is 0.0390. The van der Waals surface area contributed by atoms with E-state index in [9.17, 15) is 9.59 Å². The van der Waals surface area contributed by atoms with Crippen molar-refractivity contribution in [3.63, 3.8) is 0 Å². The minimum absolute atomic E-state index is 0.0390. The van der Waals surface area contributed by atoms with E-state index >= 15 is 0 Å². The van der Waals surface area contributed by atoms with Crippen molar-refractivity contribution in [2.45, 2.75) is 39.8 Å². The molecule has 1 atom stereocenters. The number of nitrogens with one attached hydrogen (secondary N) is 2. The first-order chi connectivity index (χ1) is 12.4. The van der Waals surface area contributed by atoms with Crippen molar-refractivity contribution in [1.29, 1.82) is 0 Å². The Bertz CT molecular complexity index is 815. The van der Waals surface area contributed by atoms with E-state index in [2.05, 4.69) is 10.6 Å². The monoisotopic (exact) mass is 351 g/mol. The molecule has 3 rings (SSSR count). The topological polar surface area (TPSA) is 61.4 Å². The van der Waals surface area contributed by atoms with Crippen LogP contribution < -0.4 is 15.5 Å². The van der Waals surface area contributed by atoms with E-state index in [0.29, 0.717) is 19.5 Å². The Morgan fingerprint density at radius 2 is 1.81 bits per heavy atom. The maximum atomic E-state index is 12.3. The third-order valence-electron chi connectivity index (χ3n) is 4.84. The van der Waals surface area contributed by atoms with Crippen molar-refractivity contribution < 1.29 is 9.59 Å². The molecule has 1 aliphatic heterocycles. The van der Waals surface area contributed by atoms with Crippen molar-refractivity contribution in [2.75, 3.05) is 11.4 Å². The fourth-order valence-corrected chi connectivity index (χ4v) is 3.07. The third-order valence-corrected chi connectivity index (χ3v) is 4.84. The fourth-order valence-electron chi connectivity index (χ4n) is 3.07. The molecule has 0 bridgehead atoms. The number of rotatable bonds is 4. The number of nitrogens with zero attached hydrogens (tertiary/aromatic N) is 1. The summed E-state index contributed by atoms with van der Waals surface area (Å²) in [7, 11) is 0. The highest BCUT2D eigenvalue weighted by Crippen LogP contribution is 2.24. The largest absolute Gasteiger partial charge is 0.334 e. The van der Waals surface area contributed by atoms with Gasteiger partial charge in [-0.05, 0) is 49.6 Å². The summed E-state index contributed by atoms with van der Waals surface area (Å²) >= 11 is 0. The minimum atomic E-state index is -0.245. The van der Waals surface area contributed by atoms with Crippen LogP contribution in [-0.2, 0) is 11.3 Å². The normalized spacial score (nSPS) is 16.7. The average Bonchev–Trinajstić information content (AvgIpc) is 2.97. The Hall–Kier alpha value is -2.82. The molecule has 0 radical (unpaired) electrons. The fraction of sp³-hybridized carbons (Fsp3) is 0.333. The van der Waals surface area contributed by atoms with Gasteiger partial charge in [0.2, 0.25) is 5.91 Å². The number of urea groups is 1. The van der Waals surface area contributed by atoms with Crippen LogP contribution in [0.1, 0.15) is 28.7 Å². The highest BCUT2D eigenvalue weighted by atomic mass is 16.2. The van der Waals surface area contributed by atoms with E-state index in [0.717, 1.165) is 16.8 Å². The molecule has 1 saturated heterocycles. The zero-order valence-corrected chi connectivity index (χ0v) is 15.5. The summed E-state index contributed by atoms with van der Waals surface area (Å²) in [6.07, 6.45) is 0.324. The highest BCUT2D eigenvalue weighted by molar-refractivity contribution is 5.96. The first kappa shape index (κ1) is 18.0. The predicted octanol–water partition coefficient (Wildman–Crippen LogP) is 3.22. The first-order valence-electron chi connectivity index (χ1n) is 8.90. The highest BCUT2D eigenvalue weighted by Gasteiger charge is 2.31. The summed E-state index contributed by atoms with van der Waals surface area (Å²) < 4.78 is 0. The van der Waals surface area contributed by atoms with Gasteiger partial charge in [0.25, 0.3) is 0 Å². The number of hydrogen-bond acceptors (Lipinski definition) is 2. The van der Waals surface area contributed by atoms with Gasteiger partial charge in [-0.3, -0.25) is 4.79 Å². The molecule has 2 N–H and O–H groups in total. The molecule has 136 valence electrons. The lowest BCUT2D eigenvalue weighted by atomic mass is 10.1. The zero-order chi connectivity index (χ0) is 18.7. The number of amides is 3. The molecule has 0 unspecified atom stereocenters. The molecule has 26 heavy (non-hydrogen) atoms. The van der Waals surface area contributed by atoms with Gasteiger partial charge < -0.3 is 15.5 Å². The van der Waals surface area contributed by atoms with E-state index in [4.69, 9.17) is 0 Å². The third kappa shape index (κ3) is 4.23. The Kier molecular flexibility index (Phi) is 5.26. The summed E-state index contributed by atoms with van der Waals surface area (Å²) in [5.41, 5.74) is 5.48. The van der Waals surface area contributed by atoms with Crippen LogP contribution in [0.5, 0.6) is 0 Å². The summed E-state index contributed by atoms with van der Waals surface area (Å²) in [4.78, 5) is 26.2. The Morgan fingerprint density at radius 1 is 1.08 bits per heavy atom. The second-order valence-corrected chi connectivity index (χ2v) is 6.99. The molecule has 1 heterocycles. The molecule has 0 saturated carbocycles. The van der Waals surface area contributed by atoms with Crippen LogP contribution in [0.2, 0.25) is 0 Å². The molecule has 3 amide bonds. The van der Waals surface area contributed by atoms with E-state index in [1.807, 2.05) is 63.2 Å². The van der Waals surface area contributed by atoms with Gasteiger partial charge in [-0.1, -0.05) is 35.9 Å². The number of aryl methyl sites for hydroxylation is 3. The van der Waals surface area contributed by atoms with Crippen LogP contribution >= 0.6 is 0 Å². The van der Waals surface area contributed by atoms with Crippen molar-refractivity contribution in [1.82, 2.24) is 10.6 Å². The van der Waals surface area contributed by atoms with E-state index in [-0.39, 0.29) is 18.0 Å². The van der Waals surface area contributed by atoms with Gasteiger partial charge in [0, 0.05) is 25.2 Å². The smallest absolute Gasteiger partial charge is 0.315 e. The van der Waals surface area contributed by atoms with Crippen LogP contribution in [0.4, 0.5) is 10.5 Å².